The summed E-state index contributed by atoms with van der Waals surface area (Å²) in [5.74, 6) is 0. The Morgan fingerprint density at radius 1 is 1.20 bits per heavy atom. The van der Waals surface area contributed by atoms with E-state index < -0.39 is 0 Å². The Bertz CT molecular complexity index is 216. The molecule has 0 aliphatic carbocycles. The van der Waals surface area contributed by atoms with Gasteiger partial charge in [-0.3, -0.25) is 9.27 Å². The minimum atomic E-state index is 0. The van der Waals surface area contributed by atoms with Gasteiger partial charge >= 0.3 is 0 Å². The van der Waals surface area contributed by atoms with E-state index in [9.17, 15) is 0 Å². The second-order valence-electron chi connectivity index (χ2n) is 3.24. The molecule has 0 aliphatic heterocycles. The normalized spacial score (nSPS) is 8.60. The van der Waals surface area contributed by atoms with E-state index in [4.69, 9.17) is 11.9 Å². The third-order valence-corrected chi connectivity index (χ3v) is 1.66. The van der Waals surface area contributed by atoms with Crippen molar-refractivity contribution in [3.63, 3.8) is 0 Å². The topological polar surface area (TPSA) is 22.1 Å². The zero-order valence-corrected chi connectivity index (χ0v) is 11.3. The van der Waals surface area contributed by atoms with Crippen molar-refractivity contribution in [1.29, 1.82) is 0 Å². The Balaban J connectivity index is 0. The smallest absolute Gasteiger partial charge is 0.0679 e. The molecule has 0 bridgehead atoms. The molecule has 0 saturated carbocycles. The predicted octanol–water partition coefficient (Wildman–Crippen LogP) is 3.57. The predicted molar refractivity (Wildman–Crippen MR) is 60.5 cm³/mol. The molecule has 1 radical (unpaired) electrons. The standard InChI is InChI=1S/C8H11N.C3H7ClO.Cu/c1-6-4-7(2)9-8(3)5-6;1-2-3-5-4;/h4-5H,1-3H3;2-3H2,1H3;. The molecule has 0 unspecified atom stereocenters. The van der Waals surface area contributed by atoms with Crippen molar-refractivity contribution in [3.8, 4) is 0 Å². The van der Waals surface area contributed by atoms with Crippen LogP contribution in [0.3, 0.4) is 0 Å². The van der Waals surface area contributed by atoms with Crippen molar-refractivity contribution in [2.45, 2.75) is 34.1 Å². The van der Waals surface area contributed by atoms with Crippen LogP contribution in [-0.4, -0.2) is 11.6 Å². The maximum atomic E-state index is 4.80. The van der Waals surface area contributed by atoms with Gasteiger partial charge in [0.05, 0.1) is 18.5 Å². The fourth-order valence-corrected chi connectivity index (χ4v) is 1.27. The van der Waals surface area contributed by atoms with E-state index in [2.05, 4.69) is 28.3 Å². The number of aryl methyl sites for hydroxylation is 3. The average Bonchev–Trinajstić information content (AvgIpc) is 2.03. The van der Waals surface area contributed by atoms with Gasteiger partial charge in [-0.05, 0) is 44.9 Å². The summed E-state index contributed by atoms with van der Waals surface area (Å²) in [6, 6.07) is 4.15. The first kappa shape index (κ1) is 17.3. The van der Waals surface area contributed by atoms with Gasteiger partial charge in [0.25, 0.3) is 0 Å². The summed E-state index contributed by atoms with van der Waals surface area (Å²) in [4.78, 5) is 4.23. The van der Waals surface area contributed by atoms with Crippen LogP contribution in [0.5, 0.6) is 0 Å². The van der Waals surface area contributed by atoms with E-state index in [0.717, 1.165) is 17.8 Å². The molecule has 2 nitrogen and oxygen atoms in total. The van der Waals surface area contributed by atoms with Crippen LogP contribution in [-0.2, 0) is 21.4 Å². The summed E-state index contributed by atoms with van der Waals surface area (Å²) in [5, 5.41) is 0. The Morgan fingerprint density at radius 2 is 1.67 bits per heavy atom. The van der Waals surface area contributed by atoms with Crippen LogP contribution in [0.25, 0.3) is 0 Å². The summed E-state index contributed by atoms with van der Waals surface area (Å²) >= 11 is 4.80. The SMILES string of the molecule is CCCOCl.Cc1cc(C)nc(C)c1.[Cu]. The zero-order valence-electron chi connectivity index (χ0n) is 9.60. The van der Waals surface area contributed by atoms with E-state index in [0.29, 0.717) is 6.61 Å². The van der Waals surface area contributed by atoms with E-state index in [1.54, 1.807) is 0 Å². The number of nitrogens with zero attached hydrogens (tertiary/aromatic N) is 1. The van der Waals surface area contributed by atoms with Gasteiger partial charge in [-0.2, -0.15) is 0 Å². The Kier molecular flexibility index (Phi) is 12.1. The van der Waals surface area contributed by atoms with Gasteiger partial charge in [0, 0.05) is 28.5 Å². The summed E-state index contributed by atoms with van der Waals surface area (Å²) in [6.07, 6.45) is 0.990. The van der Waals surface area contributed by atoms with Crippen molar-refractivity contribution in [3.05, 3.63) is 29.1 Å². The average molecular weight is 279 g/mol. The molecule has 0 amide bonds. The Labute approximate surface area is 108 Å². The molecule has 0 aliphatic rings. The first-order valence-corrected chi connectivity index (χ1v) is 5.06. The Hall–Kier alpha value is -0.0805. The van der Waals surface area contributed by atoms with E-state index >= 15 is 0 Å². The molecule has 0 N–H and O–H groups in total. The van der Waals surface area contributed by atoms with E-state index in [-0.39, 0.29) is 17.1 Å². The monoisotopic (exact) mass is 278 g/mol. The molecule has 0 fully saturated rings. The number of aromatic nitrogens is 1. The van der Waals surface area contributed by atoms with Gasteiger partial charge in [0.2, 0.25) is 0 Å². The fourth-order valence-electron chi connectivity index (χ4n) is 1.12. The summed E-state index contributed by atoms with van der Waals surface area (Å²) in [6.45, 7) is 8.77. The van der Waals surface area contributed by atoms with Crippen molar-refractivity contribution < 1.29 is 21.4 Å². The van der Waals surface area contributed by atoms with Gasteiger partial charge in [0.1, 0.15) is 0 Å². The number of pyridine rings is 1. The first-order valence-electron chi connectivity index (χ1n) is 4.75. The van der Waals surface area contributed by atoms with Gasteiger partial charge in [-0.25, -0.2) is 0 Å². The van der Waals surface area contributed by atoms with Crippen LogP contribution in [0.1, 0.15) is 30.3 Å². The van der Waals surface area contributed by atoms with Crippen molar-refractivity contribution in [1.82, 2.24) is 4.98 Å². The maximum absolute atomic E-state index is 4.80. The molecule has 1 heterocycles. The van der Waals surface area contributed by atoms with Crippen LogP contribution in [0.15, 0.2) is 12.1 Å². The summed E-state index contributed by atoms with van der Waals surface area (Å²) in [5.41, 5.74) is 3.50. The number of hydrogen-bond donors (Lipinski definition) is 0. The Morgan fingerprint density at radius 3 is 1.87 bits per heavy atom. The van der Waals surface area contributed by atoms with Crippen molar-refractivity contribution in [2.75, 3.05) is 6.61 Å². The second kappa shape index (κ2) is 10.4. The van der Waals surface area contributed by atoms with Gasteiger partial charge < -0.3 is 0 Å². The van der Waals surface area contributed by atoms with E-state index in [1.165, 1.54) is 5.56 Å². The first-order chi connectivity index (χ1) is 6.60. The van der Waals surface area contributed by atoms with Crippen LogP contribution >= 0.6 is 11.9 Å². The van der Waals surface area contributed by atoms with Gasteiger partial charge in [0.15, 0.2) is 0 Å². The number of halogens is 1. The molecular formula is C11H18ClCuNO. The molecule has 1 aromatic heterocycles. The number of hydrogen-bond acceptors (Lipinski definition) is 2. The molecule has 0 spiro atoms. The third-order valence-electron chi connectivity index (χ3n) is 1.51. The molecule has 1 rings (SSSR count). The van der Waals surface area contributed by atoms with E-state index in [1.807, 2.05) is 20.8 Å². The summed E-state index contributed by atoms with van der Waals surface area (Å²) < 4.78 is 4.16. The molecule has 15 heavy (non-hydrogen) atoms. The van der Waals surface area contributed by atoms with Crippen LogP contribution in [0, 0.1) is 20.8 Å². The van der Waals surface area contributed by atoms with Gasteiger partial charge in [-0.15, -0.1) is 0 Å². The van der Waals surface area contributed by atoms with Crippen LogP contribution < -0.4 is 0 Å². The number of rotatable bonds is 2. The minimum Gasteiger partial charge on any atom is -0.279 e. The zero-order chi connectivity index (χ0) is 11.0. The van der Waals surface area contributed by atoms with Crippen molar-refractivity contribution >= 4 is 11.9 Å². The second-order valence-corrected chi connectivity index (χ2v) is 3.46. The fraction of sp³-hybridized carbons (Fsp3) is 0.545. The molecular weight excluding hydrogens is 261 g/mol. The molecule has 0 aromatic carbocycles. The van der Waals surface area contributed by atoms with Crippen LogP contribution in [0.4, 0.5) is 0 Å². The molecule has 1 aromatic rings. The largest absolute Gasteiger partial charge is 0.279 e. The van der Waals surface area contributed by atoms with Crippen molar-refractivity contribution in [2.24, 2.45) is 0 Å². The molecule has 0 saturated heterocycles. The van der Waals surface area contributed by atoms with Crippen LogP contribution in [0.2, 0.25) is 0 Å². The molecule has 91 valence electrons. The minimum absolute atomic E-state index is 0. The molecule has 0 atom stereocenters. The maximum Gasteiger partial charge on any atom is 0.0679 e. The summed E-state index contributed by atoms with van der Waals surface area (Å²) in [7, 11) is 0. The quantitative estimate of drug-likeness (QED) is 0.772. The molecule has 4 heteroatoms. The third kappa shape index (κ3) is 10.2. The van der Waals surface area contributed by atoms with Gasteiger partial charge in [-0.1, -0.05) is 6.92 Å².